The summed E-state index contributed by atoms with van der Waals surface area (Å²) in [7, 11) is 1.62. The Morgan fingerprint density at radius 1 is 1.17 bits per heavy atom. The number of aromatic hydroxyl groups is 1. The van der Waals surface area contributed by atoms with Crippen molar-refractivity contribution in [2.24, 2.45) is 0 Å². The first-order valence-electron chi connectivity index (χ1n) is 8.98. The van der Waals surface area contributed by atoms with Crippen LogP contribution in [0.2, 0.25) is 0 Å². The highest BCUT2D eigenvalue weighted by Crippen LogP contribution is 2.25. The Labute approximate surface area is 169 Å². The molecule has 0 fully saturated rings. The fourth-order valence-corrected chi connectivity index (χ4v) is 3.13. The van der Waals surface area contributed by atoms with Crippen LogP contribution < -0.4 is 10.1 Å². The van der Waals surface area contributed by atoms with Gasteiger partial charge in [-0.15, -0.1) is 0 Å². The number of anilines is 1. The number of nitrogens with zero attached hydrogens (tertiary/aromatic N) is 2. The molecule has 3 rings (SSSR count). The first kappa shape index (κ1) is 19.8. The summed E-state index contributed by atoms with van der Waals surface area (Å²) in [6.07, 6.45) is 1.58. The zero-order valence-electron chi connectivity index (χ0n) is 16.4. The van der Waals surface area contributed by atoms with Crippen molar-refractivity contribution in [3.63, 3.8) is 0 Å². The molecule has 0 bridgehead atoms. The lowest BCUT2D eigenvalue weighted by molar-refractivity contribution is -0.112. The first-order valence-corrected chi connectivity index (χ1v) is 8.98. The molecule has 29 heavy (non-hydrogen) atoms. The minimum atomic E-state index is -0.510. The normalized spacial score (nSPS) is 11.0. The van der Waals surface area contributed by atoms with Crippen molar-refractivity contribution in [1.29, 1.82) is 5.26 Å². The molecule has 1 aromatic heterocycles. The third-order valence-corrected chi connectivity index (χ3v) is 4.57. The van der Waals surface area contributed by atoms with E-state index in [1.54, 1.807) is 25.3 Å². The predicted molar refractivity (Wildman–Crippen MR) is 112 cm³/mol. The lowest BCUT2D eigenvalue weighted by Gasteiger charge is -2.11. The topological polar surface area (TPSA) is 87.3 Å². The summed E-state index contributed by atoms with van der Waals surface area (Å²) in [5.74, 6) is 0.339. The van der Waals surface area contributed by atoms with Crippen molar-refractivity contribution in [3.05, 3.63) is 77.1 Å². The molecule has 0 atom stereocenters. The number of phenolic OH excluding ortho intramolecular Hbond substituents is 1. The van der Waals surface area contributed by atoms with Crippen LogP contribution in [0.25, 0.3) is 11.8 Å². The van der Waals surface area contributed by atoms with Gasteiger partial charge in [-0.05, 0) is 68.0 Å². The van der Waals surface area contributed by atoms with E-state index >= 15 is 0 Å². The summed E-state index contributed by atoms with van der Waals surface area (Å²) in [6.45, 7) is 3.90. The lowest BCUT2D eigenvalue weighted by Crippen LogP contribution is -2.13. The van der Waals surface area contributed by atoms with Gasteiger partial charge in [0.2, 0.25) is 0 Å². The van der Waals surface area contributed by atoms with Gasteiger partial charge in [-0.1, -0.05) is 6.07 Å². The van der Waals surface area contributed by atoms with Gasteiger partial charge in [0, 0.05) is 28.8 Å². The van der Waals surface area contributed by atoms with Crippen molar-refractivity contribution < 1.29 is 14.6 Å². The summed E-state index contributed by atoms with van der Waals surface area (Å²) >= 11 is 0. The van der Waals surface area contributed by atoms with Crippen LogP contribution in [-0.2, 0) is 4.79 Å². The van der Waals surface area contributed by atoms with E-state index in [1.807, 2.05) is 54.8 Å². The molecule has 0 spiro atoms. The van der Waals surface area contributed by atoms with Crippen molar-refractivity contribution in [2.45, 2.75) is 13.8 Å². The molecule has 6 nitrogen and oxygen atoms in total. The number of carbonyl (C=O) groups excluding carboxylic acids is 1. The maximum atomic E-state index is 12.5. The zero-order valence-corrected chi connectivity index (χ0v) is 16.4. The zero-order chi connectivity index (χ0) is 21.0. The highest BCUT2D eigenvalue weighted by atomic mass is 16.5. The van der Waals surface area contributed by atoms with Crippen LogP contribution in [0.3, 0.4) is 0 Å². The van der Waals surface area contributed by atoms with Gasteiger partial charge in [-0.25, -0.2) is 0 Å². The molecule has 0 aliphatic rings. The second-order valence-corrected chi connectivity index (χ2v) is 6.53. The average molecular weight is 387 g/mol. The van der Waals surface area contributed by atoms with E-state index < -0.39 is 5.91 Å². The second kappa shape index (κ2) is 8.36. The number of carbonyl (C=O) groups is 1. The van der Waals surface area contributed by atoms with Gasteiger partial charge < -0.3 is 19.7 Å². The number of rotatable bonds is 5. The molecule has 146 valence electrons. The number of hydrogen-bond acceptors (Lipinski definition) is 4. The second-order valence-electron chi connectivity index (χ2n) is 6.53. The van der Waals surface area contributed by atoms with Crippen molar-refractivity contribution in [2.75, 3.05) is 12.4 Å². The summed E-state index contributed by atoms with van der Waals surface area (Å²) in [5.41, 5.74) is 4.08. The molecule has 0 aliphatic heterocycles. The van der Waals surface area contributed by atoms with Crippen LogP contribution in [0.5, 0.6) is 11.5 Å². The summed E-state index contributed by atoms with van der Waals surface area (Å²) < 4.78 is 7.35. The standard InChI is InChI=1S/C23H21N3O3/c1-15-11-17(16(2)26(15)20-5-4-6-22(13-20)29-3)12-18(14-24)23(28)25-19-7-9-21(27)10-8-19/h4-13,27H,1-3H3,(H,25,28). The monoisotopic (exact) mass is 387 g/mol. The molecular formula is C23H21N3O3. The highest BCUT2D eigenvalue weighted by Gasteiger charge is 2.14. The van der Waals surface area contributed by atoms with Crippen LogP contribution in [0.4, 0.5) is 5.69 Å². The Bertz CT molecular complexity index is 1120. The van der Waals surface area contributed by atoms with Gasteiger partial charge >= 0.3 is 0 Å². The first-order chi connectivity index (χ1) is 13.9. The maximum absolute atomic E-state index is 12.5. The number of hydrogen-bond donors (Lipinski definition) is 2. The number of nitriles is 1. The molecule has 2 N–H and O–H groups in total. The van der Waals surface area contributed by atoms with E-state index in [2.05, 4.69) is 5.32 Å². The molecular weight excluding hydrogens is 366 g/mol. The van der Waals surface area contributed by atoms with E-state index in [0.717, 1.165) is 28.4 Å². The Morgan fingerprint density at radius 2 is 1.90 bits per heavy atom. The van der Waals surface area contributed by atoms with Gasteiger partial charge in [0.15, 0.2) is 0 Å². The fraction of sp³-hybridized carbons (Fsp3) is 0.130. The van der Waals surface area contributed by atoms with Crippen LogP contribution in [0.15, 0.2) is 60.2 Å². The molecule has 0 saturated carbocycles. The van der Waals surface area contributed by atoms with Crippen LogP contribution in [0.1, 0.15) is 17.0 Å². The van der Waals surface area contributed by atoms with Crippen molar-refractivity contribution in [3.8, 4) is 23.3 Å². The minimum Gasteiger partial charge on any atom is -0.508 e. The van der Waals surface area contributed by atoms with Crippen molar-refractivity contribution in [1.82, 2.24) is 4.57 Å². The number of ether oxygens (including phenoxy) is 1. The van der Waals surface area contributed by atoms with Gasteiger partial charge in [-0.3, -0.25) is 4.79 Å². The van der Waals surface area contributed by atoms with E-state index in [0.29, 0.717) is 5.69 Å². The summed E-state index contributed by atoms with van der Waals surface area (Å²) in [5, 5.41) is 21.5. The number of aromatic nitrogens is 1. The lowest BCUT2D eigenvalue weighted by atomic mass is 10.1. The van der Waals surface area contributed by atoms with E-state index in [1.165, 1.54) is 12.1 Å². The molecule has 0 unspecified atom stereocenters. The summed E-state index contributed by atoms with van der Waals surface area (Å²) in [6, 6.07) is 17.6. The smallest absolute Gasteiger partial charge is 0.266 e. The number of phenols is 1. The quantitative estimate of drug-likeness (QED) is 0.387. The maximum Gasteiger partial charge on any atom is 0.266 e. The number of benzene rings is 2. The largest absolute Gasteiger partial charge is 0.508 e. The SMILES string of the molecule is COc1cccc(-n2c(C)cc(C=C(C#N)C(=O)Nc3ccc(O)cc3)c2C)c1. The molecule has 1 amide bonds. The Balaban J connectivity index is 1.93. The Kier molecular flexibility index (Phi) is 5.70. The molecule has 0 radical (unpaired) electrons. The number of nitrogens with one attached hydrogen (secondary N) is 1. The molecule has 1 heterocycles. The Morgan fingerprint density at radius 3 is 2.55 bits per heavy atom. The van der Waals surface area contributed by atoms with E-state index in [-0.39, 0.29) is 11.3 Å². The predicted octanol–water partition coefficient (Wildman–Crippen LogP) is 4.35. The number of aryl methyl sites for hydroxylation is 1. The Hall–Kier alpha value is -3.98. The minimum absolute atomic E-state index is 0.0102. The third kappa shape index (κ3) is 4.30. The van der Waals surface area contributed by atoms with Crippen molar-refractivity contribution >= 4 is 17.7 Å². The third-order valence-electron chi connectivity index (χ3n) is 4.57. The highest BCUT2D eigenvalue weighted by molar-refractivity contribution is 6.09. The van der Waals surface area contributed by atoms with Gasteiger partial charge in [0.1, 0.15) is 23.1 Å². The summed E-state index contributed by atoms with van der Waals surface area (Å²) in [4.78, 5) is 12.5. The fourth-order valence-electron chi connectivity index (χ4n) is 3.13. The number of amides is 1. The van der Waals surface area contributed by atoms with E-state index in [4.69, 9.17) is 4.74 Å². The molecule has 0 saturated heterocycles. The molecule has 3 aromatic rings. The average Bonchev–Trinajstić information content (AvgIpc) is 3.00. The van der Waals surface area contributed by atoms with Crippen LogP contribution >= 0.6 is 0 Å². The molecule has 0 aliphatic carbocycles. The van der Waals surface area contributed by atoms with Gasteiger partial charge in [-0.2, -0.15) is 5.26 Å². The van der Waals surface area contributed by atoms with Gasteiger partial charge in [0.25, 0.3) is 5.91 Å². The molecule has 6 heteroatoms. The molecule has 2 aromatic carbocycles. The number of methoxy groups -OCH3 is 1. The van der Waals surface area contributed by atoms with E-state index in [9.17, 15) is 15.2 Å². The van der Waals surface area contributed by atoms with Crippen LogP contribution in [0, 0.1) is 25.2 Å². The van der Waals surface area contributed by atoms with Gasteiger partial charge in [0.05, 0.1) is 7.11 Å². The van der Waals surface area contributed by atoms with Crippen LogP contribution in [-0.4, -0.2) is 22.7 Å².